The first-order valence-electron chi connectivity index (χ1n) is 9.99. The Morgan fingerprint density at radius 3 is 2.31 bits per heavy atom. The molecule has 2 aromatic carbocycles. The highest BCUT2D eigenvalue weighted by Gasteiger charge is 2.44. The molecule has 2 atom stereocenters. The second kappa shape index (κ2) is 8.62. The van der Waals surface area contributed by atoms with E-state index < -0.39 is 0 Å². The van der Waals surface area contributed by atoms with Crippen LogP contribution in [0.25, 0.3) is 6.08 Å². The number of carbonyl (C=O) groups is 2. The monoisotopic (exact) mass is 391 g/mol. The van der Waals surface area contributed by atoms with Gasteiger partial charge in [-0.3, -0.25) is 9.69 Å². The number of fused-ring (bicyclic) bond motifs is 2. The van der Waals surface area contributed by atoms with Gasteiger partial charge in [-0.1, -0.05) is 67.3 Å². The summed E-state index contributed by atoms with van der Waals surface area (Å²) in [4.78, 5) is 27.6. The van der Waals surface area contributed by atoms with Crippen LogP contribution in [0.15, 0.2) is 61.2 Å². The Labute approximate surface area is 170 Å². The van der Waals surface area contributed by atoms with Crippen molar-refractivity contribution in [2.75, 3.05) is 13.2 Å². The van der Waals surface area contributed by atoms with Crippen LogP contribution >= 0.6 is 0 Å². The lowest BCUT2D eigenvalue weighted by molar-refractivity contribution is -0.0755. The first-order valence-corrected chi connectivity index (χ1v) is 9.99. The molecule has 2 fully saturated rings. The van der Waals surface area contributed by atoms with Crippen molar-refractivity contribution in [1.29, 1.82) is 0 Å². The third-order valence-electron chi connectivity index (χ3n) is 5.74. The largest absolute Gasteiger partial charge is 0.445 e. The van der Waals surface area contributed by atoms with Crippen molar-refractivity contribution in [3.63, 3.8) is 0 Å². The number of Topliss-reactive ketones (excluding diaryl/α,β-unsaturated/α-hetero) is 1. The maximum Gasteiger partial charge on any atom is 0.410 e. The summed E-state index contributed by atoms with van der Waals surface area (Å²) >= 11 is 0. The Kier molecular flexibility index (Phi) is 5.76. The lowest BCUT2D eigenvalue weighted by atomic mass is 9.81. The maximum absolute atomic E-state index is 13.0. The molecule has 150 valence electrons. The van der Waals surface area contributed by atoms with E-state index in [1.807, 2.05) is 54.6 Å². The Hall–Kier alpha value is -2.92. The van der Waals surface area contributed by atoms with E-state index in [-0.39, 0.29) is 36.5 Å². The van der Waals surface area contributed by atoms with E-state index in [0.29, 0.717) is 31.6 Å². The maximum atomic E-state index is 13.0. The summed E-state index contributed by atoms with van der Waals surface area (Å²) in [6.07, 6.45) is 2.63. The van der Waals surface area contributed by atoms with Gasteiger partial charge in [-0.05, 0) is 24.0 Å². The highest BCUT2D eigenvalue weighted by Crippen LogP contribution is 2.34. The molecule has 2 bridgehead atoms. The second-order valence-electron chi connectivity index (χ2n) is 7.65. The van der Waals surface area contributed by atoms with Crippen LogP contribution in [0, 0.1) is 5.92 Å². The first-order chi connectivity index (χ1) is 14.2. The molecule has 0 aliphatic carbocycles. The number of ketones is 1. The fraction of sp³-hybridized carbons (Fsp3) is 0.333. The molecule has 0 radical (unpaired) electrons. The SMILES string of the molecule is C=Cc1ccc(C(=O)C2CC3COCC(C2)N3C(=O)OCc2ccccc2)cc1. The van der Waals surface area contributed by atoms with Crippen LogP contribution in [0.1, 0.15) is 34.3 Å². The van der Waals surface area contributed by atoms with E-state index in [9.17, 15) is 9.59 Å². The number of rotatable bonds is 5. The molecule has 2 aliphatic heterocycles. The van der Waals surface area contributed by atoms with E-state index in [1.54, 1.807) is 11.0 Å². The standard InChI is InChI=1S/C24H25NO4/c1-2-17-8-10-19(11-9-17)23(26)20-12-21-15-28-16-22(13-20)25(21)24(27)29-14-18-6-4-3-5-7-18/h2-11,20-22H,1,12-16H2. The van der Waals surface area contributed by atoms with Gasteiger partial charge in [0.15, 0.2) is 5.78 Å². The normalized spacial score (nSPS) is 23.3. The number of piperidine rings is 1. The van der Waals surface area contributed by atoms with Crippen molar-refractivity contribution in [2.45, 2.75) is 31.5 Å². The van der Waals surface area contributed by atoms with Gasteiger partial charge < -0.3 is 9.47 Å². The number of amides is 1. The van der Waals surface area contributed by atoms with Crippen LogP contribution in [-0.4, -0.2) is 42.1 Å². The first kappa shape index (κ1) is 19.4. The summed E-state index contributed by atoms with van der Waals surface area (Å²) in [5, 5.41) is 0. The van der Waals surface area contributed by atoms with Crippen LogP contribution in [0.2, 0.25) is 0 Å². The number of hydrogen-bond acceptors (Lipinski definition) is 4. The fourth-order valence-corrected chi connectivity index (χ4v) is 4.24. The predicted molar refractivity (Wildman–Crippen MR) is 110 cm³/mol. The number of benzene rings is 2. The van der Waals surface area contributed by atoms with Crippen molar-refractivity contribution in [2.24, 2.45) is 5.92 Å². The molecule has 0 saturated carbocycles. The second-order valence-corrected chi connectivity index (χ2v) is 7.65. The van der Waals surface area contributed by atoms with Crippen molar-refractivity contribution in [3.05, 3.63) is 77.9 Å². The molecule has 0 N–H and O–H groups in total. The summed E-state index contributed by atoms with van der Waals surface area (Å²) in [6, 6.07) is 16.9. The third-order valence-corrected chi connectivity index (χ3v) is 5.74. The molecule has 29 heavy (non-hydrogen) atoms. The lowest BCUT2D eigenvalue weighted by Gasteiger charge is -2.47. The summed E-state index contributed by atoms with van der Waals surface area (Å²) < 4.78 is 11.2. The zero-order valence-corrected chi connectivity index (χ0v) is 16.3. The summed E-state index contributed by atoms with van der Waals surface area (Å²) in [7, 11) is 0. The van der Waals surface area contributed by atoms with Crippen molar-refractivity contribution < 1.29 is 19.1 Å². The van der Waals surface area contributed by atoms with Gasteiger partial charge in [-0.15, -0.1) is 0 Å². The van der Waals surface area contributed by atoms with Gasteiger partial charge in [0.25, 0.3) is 0 Å². The molecule has 2 aromatic rings. The Balaban J connectivity index is 1.42. The molecule has 0 spiro atoms. The topological polar surface area (TPSA) is 55.8 Å². The number of hydrogen-bond donors (Lipinski definition) is 0. The van der Waals surface area contributed by atoms with Crippen molar-refractivity contribution >= 4 is 18.0 Å². The van der Waals surface area contributed by atoms with Crippen molar-refractivity contribution in [1.82, 2.24) is 4.90 Å². The van der Waals surface area contributed by atoms with Gasteiger partial charge in [0, 0.05) is 11.5 Å². The number of nitrogens with zero attached hydrogens (tertiary/aromatic N) is 1. The highest BCUT2D eigenvalue weighted by atomic mass is 16.6. The van der Waals surface area contributed by atoms with Gasteiger partial charge >= 0.3 is 6.09 Å². The van der Waals surface area contributed by atoms with E-state index in [2.05, 4.69) is 6.58 Å². The number of carbonyl (C=O) groups excluding carboxylic acids is 2. The summed E-state index contributed by atoms with van der Waals surface area (Å²) in [5.41, 5.74) is 2.65. The summed E-state index contributed by atoms with van der Waals surface area (Å²) in [5.74, 6) is 0.0245. The Morgan fingerprint density at radius 1 is 1.03 bits per heavy atom. The van der Waals surface area contributed by atoms with Crippen LogP contribution in [-0.2, 0) is 16.1 Å². The highest BCUT2D eigenvalue weighted by molar-refractivity contribution is 5.98. The molecule has 4 rings (SSSR count). The molecule has 0 aromatic heterocycles. The van der Waals surface area contributed by atoms with Crippen LogP contribution in [0.3, 0.4) is 0 Å². The Morgan fingerprint density at radius 2 is 1.69 bits per heavy atom. The number of ether oxygens (including phenoxy) is 2. The minimum Gasteiger partial charge on any atom is -0.445 e. The fourth-order valence-electron chi connectivity index (χ4n) is 4.24. The minimum absolute atomic E-state index is 0.110. The van der Waals surface area contributed by atoms with Gasteiger partial charge in [0.1, 0.15) is 6.61 Å². The van der Waals surface area contributed by atoms with Gasteiger partial charge in [-0.2, -0.15) is 0 Å². The van der Waals surface area contributed by atoms with E-state index >= 15 is 0 Å². The molecule has 2 aliphatic rings. The van der Waals surface area contributed by atoms with Crippen molar-refractivity contribution in [3.8, 4) is 0 Å². The van der Waals surface area contributed by atoms with Crippen LogP contribution in [0.5, 0.6) is 0 Å². The van der Waals surface area contributed by atoms with Crippen LogP contribution in [0.4, 0.5) is 4.79 Å². The average molecular weight is 391 g/mol. The molecule has 1 amide bonds. The van der Waals surface area contributed by atoms with Gasteiger partial charge in [0.2, 0.25) is 0 Å². The molecular formula is C24H25NO4. The molecule has 5 heteroatoms. The Bertz CT molecular complexity index is 864. The zero-order valence-electron chi connectivity index (χ0n) is 16.3. The average Bonchev–Trinajstić information content (AvgIpc) is 2.77. The van der Waals surface area contributed by atoms with E-state index in [1.165, 1.54) is 0 Å². The molecular weight excluding hydrogens is 366 g/mol. The van der Waals surface area contributed by atoms with Gasteiger partial charge in [0.05, 0.1) is 25.3 Å². The summed E-state index contributed by atoms with van der Waals surface area (Å²) in [6.45, 7) is 4.87. The smallest absolute Gasteiger partial charge is 0.410 e. The molecule has 2 heterocycles. The molecule has 2 saturated heterocycles. The van der Waals surface area contributed by atoms with E-state index in [4.69, 9.17) is 9.47 Å². The number of morpholine rings is 1. The van der Waals surface area contributed by atoms with E-state index in [0.717, 1.165) is 11.1 Å². The predicted octanol–water partition coefficient (Wildman–Crippen LogP) is 4.33. The molecule has 2 unspecified atom stereocenters. The zero-order chi connectivity index (χ0) is 20.2. The molecule has 5 nitrogen and oxygen atoms in total. The minimum atomic E-state index is -0.326. The third kappa shape index (κ3) is 4.25. The van der Waals surface area contributed by atoms with Gasteiger partial charge in [-0.25, -0.2) is 4.79 Å². The lowest BCUT2D eigenvalue weighted by Crippen LogP contribution is -2.59. The van der Waals surface area contributed by atoms with Crippen LogP contribution < -0.4 is 0 Å². The quantitative estimate of drug-likeness (QED) is 0.712.